The van der Waals surface area contributed by atoms with Gasteiger partial charge in [-0.3, -0.25) is 4.90 Å². The normalized spacial score (nSPS) is 11.2. The summed E-state index contributed by atoms with van der Waals surface area (Å²) in [4.78, 5) is 3.42. The molecule has 0 aromatic carbocycles. The Balaban J connectivity index is 2.15. The van der Waals surface area contributed by atoms with Crippen molar-refractivity contribution in [3.05, 3.63) is 21.3 Å². The maximum Gasteiger partial charge on any atom is 0.0931 e. The smallest absolute Gasteiger partial charge is 0.0931 e. The molecule has 5 heteroatoms. The summed E-state index contributed by atoms with van der Waals surface area (Å²) < 4.78 is 6.01. The van der Waals surface area contributed by atoms with E-state index in [4.69, 9.17) is 21.4 Å². The summed E-state index contributed by atoms with van der Waals surface area (Å²) in [7, 11) is 2.04. The second-order valence-corrected chi connectivity index (χ2v) is 5.08. The van der Waals surface area contributed by atoms with E-state index < -0.39 is 0 Å². The maximum atomic E-state index is 8.52. The Labute approximate surface area is 99.2 Å². The molecule has 1 aromatic heterocycles. The van der Waals surface area contributed by atoms with Crippen molar-refractivity contribution in [3.8, 4) is 0 Å². The zero-order valence-corrected chi connectivity index (χ0v) is 10.4. The van der Waals surface area contributed by atoms with Crippen LogP contribution in [0.5, 0.6) is 0 Å². The summed E-state index contributed by atoms with van der Waals surface area (Å²) in [5.74, 6) is 0. The van der Waals surface area contributed by atoms with Crippen molar-refractivity contribution < 1.29 is 9.84 Å². The molecule has 0 spiro atoms. The topological polar surface area (TPSA) is 32.7 Å². The predicted octanol–water partition coefficient (Wildman–Crippen LogP) is 1.84. The van der Waals surface area contributed by atoms with E-state index in [2.05, 4.69) is 4.90 Å². The second kappa shape index (κ2) is 7.19. The van der Waals surface area contributed by atoms with Crippen LogP contribution in [0.4, 0.5) is 0 Å². The summed E-state index contributed by atoms with van der Waals surface area (Å²) >= 11 is 7.44. The molecule has 15 heavy (non-hydrogen) atoms. The first kappa shape index (κ1) is 12.9. The minimum Gasteiger partial charge on any atom is -0.394 e. The van der Waals surface area contributed by atoms with Crippen LogP contribution in [0.15, 0.2) is 12.1 Å². The van der Waals surface area contributed by atoms with Crippen LogP contribution >= 0.6 is 22.9 Å². The third kappa shape index (κ3) is 5.49. The van der Waals surface area contributed by atoms with E-state index in [0.29, 0.717) is 13.2 Å². The van der Waals surface area contributed by atoms with Gasteiger partial charge in [0.2, 0.25) is 0 Å². The first-order valence-corrected chi connectivity index (χ1v) is 6.03. The van der Waals surface area contributed by atoms with E-state index in [-0.39, 0.29) is 6.61 Å². The van der Waals surface area contributed by atoms with Crippen LogP contribution in [0.25, 0.3) is 0 Å². The molecule has 1 N–H and O–H groups in total. The number of ether oxygens (including phenoxy) is 1. The number of aliphatic hydroxyl groups excluding tert-OH is 1. The summed E-state index contributed by atoms with van der Waals surface area (Å²) in [5.41, 5.74) is 0. The Morgan fingerprint density at radius 1 is 1.47 bits per heavy atom. The SMILES string of the molecule is CN(CCOCCO)Cc1ccc(Cl)s1. The molecule has 3 nitrogen and oxygen atoms in total. The number of likely N-dealkylation sites (N-methyl/N-ethyl adjacent to an activating group) is 1. The highest BCUT2D eigenvalue weighted by molar-refractivity contribution is 7.16. The number of hydrogen-bond donors (Lipinski definition) is 1. The molecule has 0 amide bonds. The number of thiophene rings is 1. The highest BCUT2D eigenvalue weighted by atomic mass is 35.5. The number of hydrogen-bond acceptors (Lipinski definition) is 4. The molecule has 1 aromatic rings. The number of nitrogens with zero attached hydrogens (tertiary/aromatic N) is 1. The molecule has 0 bridgehead atoms. The molecular formula is C10H16ClNO2S. The molecule has 86 valence electrons. The second-order valence-electron chi connectivity index (χ2n) is 3.28. The lowest BCUT2D eigenvalue weighted by atomic mass is 10.4. The van der Waals surface area contributed by atoms with Crippen molar-refractivity contribution in [3.63, 3.8) is 0 Å². The van der Waals surface area contributed by atoms with Crippen molar-refractivity contribution >= 4 is 22.9 Å². The molecule has 0 saturated carbocycles. The molecule has 0 atom stereocenters. The van der Waals surface area contributed by atoms with Crippen LogP contribution in [-0.2, 0) is 11.3 Å². The highest BCUT2D eigenvalue weighted by Gasteiger charge is 2.02. The summed E-state index contributed by atoms with van der Waals surface area (Å²) in [6.45, 7) is 2.90. The summed E-state index contributed by atoms with van der Waals surface area (Å²) in [6.07, 6.45) is 0. The van der Waals surface area contributed by atoms with Crippen LogP contribution < -0.4 is 0 Å². The van der Waals surface area contributed by atoms with Gasteiger partial charge in [-0.2, -0.15) is 0 Å². The molecule has 0 saturated heterocycles. The van der Waals surface area contributed by atoms with Gasteiger partial charge in [-0.1, -0.05) is 11.6 Å². The van der Waals surface area contributed by atoms with Gasteiger partial charge in [0.25, 0.3) is 0 Å². The lowest BCUT2D eigenvalue weighted by Gasteiger charge is -2.15. The van der Waals surface area contributed by atoms with E-state index in [9.17, 15) is 0 Å². The summed E-state index contributed by atoms with van der Waals surface area (Å²) in [5, 5.41) is 8.52. The Hall–Kier alpha value is -0.130. The predicted molar refractivity (Wildman–Crippen MR) is 63.6 cm³/mol. The number of rotatable bonds is 7. The Bertz CT molecular complexity index is 280. The van der Waals surface area contributed by atoms with Gasteiger partial charge >= 0.3 is 0 Å². The largest absolute Gasteiger partial charge is 0.394 e. The minimum atomic E-state index is 0.0875. The standard InChI is InChI=1S/C10H16ClNO2S/c1-12(4-6-14-7-5-13)8-9-2-3-10(11)15-9/h2-3,13H,4-8H2,1H3. The quantitative estimate of drug-likeness (QED) is 0.749. The average molecular weight is 250 g/mol. The zero-order valence-electron chi connectivity index (χ0n) is 8.78. The lowest BCUT2D eigenvalue weighted by Crippen LogP contribution is -2.22. The molecule has 0 unspecified atom stereocenters. The van der Waals surface area contributed by atoms with Crippen LogP contribution in [0.3, 0.4) is 0 Å². The van der Waals surface area contributed by atoms with Gasteiger partial charge in [0.1, 0.15) is 0 Å². The van der Waals surface area contributed by atoms with Crippen LogP contribution in [0.2, 0.25) is 4.34 Å². The molecule has 0 aliphatic heterocycles. The van der Waals surface area contributed by atoms with E-state index in [1.54, 1.807) is 11.3 Å². The zero-order chi connectivity index (χ0) is 11.1. The summed E-state index contributed by atoms with van der Waals surface area (Å²) in [6, 6.07) is 3.95. The molecular weight excluding hydrogens is 234 g/mol. The Kier molecular flexibility index (Phi) is 6.20. The van der Waals surface area contributed by atoms with Crippen LogP contribution in [0, 0.1) is 0 Å². The van der Waals surface area contributed by atoms with Gasteiger partial charge < -0.3 is 9.84 Å². The van der Waals surface area contributed by atoms with E-state index >= 15 is 0 Å². The van der Waals surface area contributed by atoms with Gasteiger partial charge in [-0.05, 0) is 19.2 Å². The van der Waals surface area contributed by atoms with Crippen molar-refractivity contribution in [2.45, 2.75) is 6.54 Å². The first-order chi connectivity index (χ1) is 7.22. The first-order valence-electron chi connectivity index (χ1n) is 4.83. The number of aliphatic hydroxyl groups is 1. The lowest BCUT2D eigenvalue weighted by molar-refractivity contribution is 0.0774. The fourth-order valence-corrected chi connectivity index (χ4v) is 2.34. The molecule has 0 aliphatic rings. The van der Waals surface area contributed by atoms with Gasteiger partial charge in [-0.25, -0.2) is 0 Å². The van der Waals surface area contributed by atoms with Crippen molar-refractivity contribution in [1.82, 2.24) is 4.90 Å². The Morgan fingerprint density at radius 2 is 2.27 bits per heavy atom. The molecule has 1 rings (SSSR count). The monoisotopic (exact) mass is 249 g/mol. The van der Waals surface area contributed by atoms with E-state index in [0.717, 1.165) is 17.4 Å². The van der Waals surface area contributed by atoms with Crippen molar-refractivity contribution in [2.75, 3.05) is 33.4 Å². The van der Waals surface area contributed by atoms with E-state index in [1.807, 2.05) is 19.2 Å². The third-order valence-electron chi connectivity index (χ3n) is 1.91. The van der Waals surface area contributed by atoms with Crippen molar-refractivity contribution in [1.29, 1.82) is 0 Å². The van der Waals surface area contributed by atoms with Crippen LogP contribution in [-0.4, -0.2) is 43.4 Å². The Morgan fingerprint density at radius 3 is 2.87 bits per heavy atom. The van der Waals surface area contributed by atoms with Gasteiger partial charge in [0.15, 0.2) is 0 Å². The van der Waals surface area contributed by atoms with Gasteiger partial charge in [0.05, 0.1) is 24.2 Å². The van der Waals surface area contributed by atoms with Crippen molar-refractivity contribution in [2.24, 2.45) is 0 Å². The maximum absolute atomic E-state index is 8.52. The van der Waals surface area contributed by atoms with Gasteiger partial charge in [0, 0.05) is 18.0 Å². The third-order valence-corrected chi connectivity index (χ3v) is 3.12. The molecule has 1 heterocycles. The fraction of sp³-hybridized carbons (Fsp3) is 0.600. The number of halogens is 1. The average Bonchev–Trinajstić information content (AvgIpc) is 2.59. The molecule has 0 aliphatic carbocycles. The molecule has 0 radical (unpaired) electrons. The highest BCUT2D eigenvalue weighted by Crippen LogP contribution is 2.22. The van der Waals surface area contributed by atoms with E-state index in [1.165, 1.54) is 4.88 Å². The fourth-order valence-electron chi connectivity index (χ4n) is 1.17. The van der Waals surface area contributed by atoms with Crippen LogP contribution in [0.1, 0.15) is 4.88 Å². The molecule has 0 fully saturated rings. The van der Waals surface area contributed by atoms with Gasteiger partial charge in [-0.15, -0.1) is 11.3 Å². The minimum absolute atomic E-state index is 0.0875.